The maximum Gasteiger partial charge on any atom is 0.0639 e. The normalized spacial score (nSPS) is 13.3. The van der Waals surface area contributed by atoms with Gasteiger partial charge in [0.2, 0.25) is 0 Å². The summed E-state index contributed by atoms with van der Waals surface area (Å²) < 4.78 is 5.59. The predicted molar refractivity (Wildman–Crippen MR) is 76.4 cm³/mol. The number of hydrazine groups is 1. The van der Waals surface area contributed by atoms with Crippen LogP contribution in [-0.2, 0) is 11.2 Å². The number of rotatable bonds is 7. The summed E-state index contributed by atoms with van der Waals surface area (Å²) in [7, 11) is 0. The van der Waals surface area contributed by atoms with Crippen LogP contribution in [0.1, 0.15) is 44.7 Å². The Bertz CT molecular complexity index is 333. The minimum atomic E-state index is 0.164. The highest BCUT2D eigenvalue weighted by Crippen LogP contribution is 2.15. The summed E-state index contributed by atoms with van der Waals surface area (Å²) in [6.45, 7) is 9.11. The molecule has 0 aliphatic heterocycles. The molecule has 1 atom stereocenters. The summed E-state index contributed by atoms with van der Waals surface area (Å²) in [4.78, 5) is 0. The van der Waals surface area contributed by atoms with Gasteiger partial charge in [-0.05, 0) is 37.3 Å². The first-order chi connectivity index (χ1) is 8.52. The monoisotopic (exact) mass is 250 g/mol. The van der Waals surface area contributed by atoms with E-state index in [2.05, 4.69) is 43.5 Å². The molecule has 0 fully saturated rings. The molecule has 0 aliphatic rings. The van der Waals surface area contributed by atoms with Gasteiger partial charge >= 0.3 is 0 Å². The lowest BCUT2D eigenvalue weighted by atomic mass is 9.99. The third kappa shape index (κ3) is 5.17. The van der Waals surface area contributed by atoms with Gasteiger partial charge in [-0.3, -0.25) is 11.3 Å². The molecule has 1 aromatic carbocycles. The second kappa shape index (κ2) is 7.52. The first-order valence-corrected chi connectivity index (χ1v) is 6.69. The zero-order valence-electron chi connectivity index (χ0n) is 11.9. The SMILES string of the molecule is CC(C)OCC(Cc1ccc(C(C)C)cc1)NN. The van der Waals surface area contributed by atoms with Gasteiger partial charge in [0.25, 0.3) is 0 Å². The molecule has 0 aliphatic carbocycles. The van der Waals surface area contributed by atoms with Gasteiger partial charge in [-0.25, -0.2) is 0 Å². The smallest absolute Gasteiger partial charge is 0.0639 e. The zero-order valence-corrected chi connectivity index (χ0v) is 11.9. The van der Waals surface area contributed by atoms with E-state index in [4.69, 9.17) is 10.6 Å². The topological polar surface area (TPSA) is 47.3 Å². The zero-order chi connectivity index (χ0) is 13.5. The Morgan fingerprint density at radius 3 is 2.17 bits per heavy atom. The Morgan fingerprint density at radius 2 is 1.72 bits per heavy atom. The first-order valence-electron chi connectivity index (χ1n) is 6.69. The fourth-order valence-electron chi connectivity index (χ4n) is 1.80. The fourth-order valence-corrected chi connectivity index (χ4v) is 1.80. The van der Waals surface area contributed by atoms with Crippen LogP contribution in [0.15, 0.2) is 24.3 Å². The minimum Gasteiger partial charge on any atom is -0.377 e. The molecule has 3 N–H and O–H groups in total. The number of benzene rings is 1. The molecule has 0 bridgehead atoms. The molecule has 1 unspecified atom stereocenters. The Labute approximate surface area is 111 Å². The van der Waals surface area contributed by atoms with Crippen molar-refractivity contribution < 1.29 is 4.74 Å². The molecular weight excluding hydrogens is 224 g/mol. The number of ether oxygens (including phenoxy) is 1. The van der Waals surface area contributed by atoms with Crippen molar-refractivity contribution in [2.24, 2.45) is 5.84 Å². The second-order valence-electron chi connectivity index (χ2n) is 5.35. The molecule has 0 spiro atoms. The van der Waals surface area contributed by atoms with E-state index in [1.54, 1.807) is 0 Å². The number of nitrogens with one attached hydrogen (secondary N) is 1. The number of hydrogen-bond acceptors (Lipinski definition) is 3. The predicted octanol–water partition coefficient (Wildman–Crippen LogP) is 2.61. The third-order valence-electron chi connectivity index (χ3n) is 2.99. The van der Waals surface area contributed by atoms with Gasteiger partial charge in [0.15, 0.2) is 0 Å². The summed E-state index contributed by atoms with van der Waals surface area (Å²) >= 11 is 0. The molecule has 0 saturated heterocycles. The van der Waals surface area contributed by atoms with Gasteiger partial charge in [0.1, 0.15) is 0 Å². The first kappa shape index (κ1) is 15.2. The van der Waals surface area contributed by atoms with Crippen LogP contribution >= 0.6 is 0 Å². The molecule has 0 aromatic heterocycles. The molecule has 3 heteroatoms. The van der Waals surface area contributed by atoms with E-state index in [1.165, 1.54) is 11.1 Å². The largest absolute Gasteiger partial charge is 0.377 e. The Morgan fingerprint density at radius 1 is 1.11 bits per heavy atom. The highest BCUT2D eigenvalue weighted by Gasteiger charge is 2.09. The maximum atomic E-state index is 5.59. The molecule has 0 saturated carbocycles. The van der Waals surface area contributed by atoms with Gasteiger partial charge < -0.3 is 4.74 Å². The molecule has 0 heterocycles. The van der Waals surface area contributed by atoms with E-state index in [0.29, 0.717) is 12.5 Å². The Kier molecular flexibility index (Phi) is 6.33. The second-order valence-corrected chi connectivity index (χ2v) is 5.35. The van der Waals surface area contributed by atoms with E-state index >= 15 is 0 Å². The lowest BCUT2D eigenvalue weighted by molar-refractivity contribution is 0.0613. The molecule has 3 nitrogen and oxygen atoms in total. The minimum absolute atomic E-state index is 0.164. The van der Waals surface area contributed by atoms with Crippen molar-refractivity contribution in [1.29, 1.82) is 0 Å². The van der Waals surface area contributed by atoms with Crippen molar-refractivity contribution >= 4 is 0 Å². The number of hydrogen-bond donors (Lipinski definition) is 2. The molecule has 18 heavy (non-hydrogen) atoms. The average Bonchev–Trinajstić information content (AvgIpc) is 2.34. The lowest BCUT2D eigenvalue weighted by Crippen LogP contribution is -2.40. The molecule has 102 valence electrons. The summed E-state index contributed by atoms with van der Waals surface area (Å²) in [6.07, 6.45) is 1.13. The van der Waals surface area contributed by atoms with E-state index in [1.807, 2.05) is 13.8 Å². The third-order valence-corrected chi connectivity index (χ3v) is 2.99. The standard InChI is InChI=1S/C15H26N2O/c1-11(2)14-7-5-13(6-8-14)9-15(17-16)10-18-12(3)4/h5-8,11-12,15,17H,9-10,16H2,1-4H3. The molecular formula is C15H26N2O. The van der Waals surface area contributed by atoms with Gasteiger partial charge in [0, 0.05) is 6.04 Å². The molecule has 1 aromatic rings. The number of nitrogens with two attached hydrogens (primary N) is 1. The van der Waals surface area contributed by atoms with Crippen LogP contribution < -0.4 is 11.3 Å². The molecule has 0 radical (unpaired) electrons. The van der Waals surface area contributed by atoms with Crippen LogP contribution in [0.4, 0.5) is 0 Å². The van der Waals surface area contributed by atoms with Crippen LogP contribution in [0.25, 0.3) is 0 Å². The van der Waals surface area contributed by atoms with Gasteiger partial charge in [-0.15, -0.1) is 0 Å². The van der Waals surface area contributed by atoms with E-state index in [-0.39, 0.29) is 12.1 Å². The maximum absolute atomic E-state index is 5.59. The lowest BCUT2D eigenvalue weighted by Gasteiger charge is -2.18. The van der Waals surface area contributed by atoms with Gasteiger partial charge in [-0.2, -0.15) is 0 Å². The van der Waals surface area contributed by atoms with Crippen molar-refractivity contribution in [3.8, 4) is 0 Å². The van der Waals surface area contributed by atoms with E-state index in [9.17, 15) is 0 Å². The summed E-state index contributed by atoms with van der Waals surface area (Å²) in [6, 6.07) is 8.90. The van der Waals surface area contributed by atoms with Crippen LogP contribution in [0.3, 0.4) is 0 Å². The van der Waals surface area contributed by atoms with Crippen molar-refractivity contribution in [2.75, 3.05) is 6.61 Å². The Balaban J connectivity index is 2.53. The van der Waals surface area contributed by atoms with Crippen LogP contribution in [0, 0.1) is 0 Å². The van der Waals surface area contributed by atoms with Crippen LogP contribution in [-0.4, -0.2) is 18.8 Å². The van der Waals surface area contributed by atoms with Crippen LogP contribution in [0.2, 0.25) is 0 Å². The highest BCUT2D eigenvalue weighted by molar-refractivity contribution is 5.25. The fraction of sp³-hybridized carbons (Fsp3) is 0.600. The highest BCUT2D eigenvalue weighted by atomic mass is 16.5. The van der Waals surface area contributed by atoms with Gasteiger partial charge in [-0.1, -0.05) is 38.1 Å². The summed E-state index contributed by atoms with van der Waals surface area (Å²) in [5.74, 6) is 6.13. The summed E-state index contributed by atoms with van der Waals surface area (Å²) in [5.41, 5.74) is 5.47. The van der Waals surface area contributed by atoms with Crippen molar-refractivity contribution in [2.45, 2.75) is 52.2 Å². The quantitative estimate of drug-likeness (QED) is 0.577. The Hall–Kier alpha value is -0.900. The molecule has 1 rings (SSSR count). The average molecular weight is 250 g/mol. The van der Waals surface area contributed by atoms with E-state index < -0.39 is 0 Å². The van der Waals surface area contributed by atoms with Crippen LogP contribution in [0.5, 0.6) is 0 Å². The van der Waals surface area contributed by atoms with Gasteiger partial charge in [0.05, 0.1) is 12.7 Å². The van der Waals surface area contributed by atoms with Crippen molar-refractivity contribution in [3.63, 3.8) is 0 Å². The van der Waals surface area contributed by atoms with Crippen molar-refractivity contribution in [1.82, 2.24) is 5.43 Å². The van der Waals surface area contributed by atoms with E-state index in [0.717, 1.165) is 6.42 Å². The molecule has 0 amide bonds. The van der Waals surface area contributed by atoms with Crippen molar-refractivity contribution in [3.05, 3.63) is 35.4 Å². The summed E-state index contributed by atoms with van der Waals surface area (Å²) in [5, 5.41) is 0.